The van der Waals surface area contributed by atoms with Gasteiger partial charge in [-0.1, -0.05) is 11.6 Å². The fourth-order valence-electron chi connectivity index (χ4n) is 0.870. The van der Waals surface area contributed by atoms with Crippen molar-refractivity contribution in [3.05, 3.63) is 23.2 Å². The maximum atomic E-state index is 11.9. The predicted octanol–water partition coefficient (Wildman–Crippen LogP) is 3.17. The quantitative estimate of drug-likeness (QED) is 0.787. The summed E-state index contributed by atoms with van der Waals surface area (Å²) >= 11 is 5.41. The summed E-state index contributed by atoms with van der Waals surface area (Å²) in [5.74, 6) is -0.751. The average molecular weight is 295 g/mol. The van der Waals surface area contributed by atoms with Gasteiger partial charge in [0, 0.05) is 21.8 Å². The molecular weight excluding hydrogens is 292 g/mol. The zero-order chi connectivity index (χ0) is 12.6. The van der Waals surface area contributed by atoms with Crippen molar-refractivity contribution in [2.45, 2.75) is 11.3 Å². The highest BCUT2D eigenvalue weighted by Crippen LogP contribution is 2.29. The van der Waals surface area contributed by atoms with Crippen LogP contribution in [0.4, 0.5) is 13.2 Å². The van der Waals surface area contributed by atoms with Crippen LogP contribution < -0.4 is 4.74 Å². The van der Waals surface area contributed by atoms with Crippen LogP contribution >= 0.6 is 22.3 Å². The molecule has 0 saturated heterocycles. The van der Waals surface area contributed by atoms with E-state index in [0.29, 0.717) is 6.07 Å². The van der Waals surface area contributed by atoms with E-state index in [1.807, 2.05) is 0 Å². The monoisotopic (exact) mass is 294 g/mol. The van der Waals surface area contributed by atoms with E-state index in [1.54, 1.807) is 0 Å². The molecule has 0 aliphatic rings. The number of ether oxygens (including phenoxy) is 1. The number of hydrogen-bond acceptors (Lipinski definition) is 3. The van der Waals surface area contributed by atoms with Crippen LogP contribution in [0.2, 0.25) is 5.02 Å². The molecule has 0 N–H and O–H groups in total. The Hall–Kier alpha value is -0.660. The molecule has 1 aromatic carbocycles. The van der Waals surface area contributed by atoms with Crippen molar-refractivity contribution in [2.24, 2.45) is 0 Å². The number of benzene rings is 1. The van der Waals surface area contributed by atoms with Crippen LogP contribution in [0.25, 0.3) is 0 Å². The van der Waals surface area contributed by atoms with E-state index >= 15 is 0 Å². The van der Waals surface area contributed by atoms with E-state index in [1.165, 1.54) is 0 Å². The lowest BCUT2D eigenvalue weighted by Gasteiger charge is -2.09. The van der Waals surface area contributed by atoms with E-state index in [4.69, 9.17) is 22.3 Å². The molecule has 0 spiro atoms. The van der Waals surface area contributed by atoms with Gasteiger partial charge in [-0.3, -0.25) is 0 Å². The lowest BCUT2D eigenvalue weighted by atomic mass is 10.3. The molecule has 16 heavy (non-hydrogen) atoms. The molecule has 1 rings (SSSR count). The summed E-state index contributed by atoms with van der Waals surface area (Å²) in [6.07, 6.45) is -4.93. The maximum Gasteiger partial charge on any atom is 0.573 e. The van der Waals surface area contributed by atoms with Crippen molar-refractivity contribution in [3.8, 4) is 5.75 Å². The van der Waals surface area contributed by atoms with E-state index in [-0.39, 0.29) is 5.02 Å². The molecule has 3 nitrogen and oxygen atoms in total. The fourth-order valence-corrected chi connectivity index (χ4v) is 1.95. The third-order valence-corrected chi connectivity index (χ3v) is 2.91. The molecule has 90 valence electrons. The van der Waals surface area contributed by atoms with Crippen LogP contribution in [0, 0.1) is 0 Å². The van der Waals surface area contributed by atoms with Crippen molar-refractivity contribution < 1.29 is 26.3 Å². The predicted molar refractivity (Wildman–Crippen MR) is 51.2 cm³/mol. The van der Waals surface area contributed by atoms with Crippen LogP contribution in [-0.4, -0.2) is 14.8 Å². The average Bonchev–Trinajstić information content (AvgIpc) is 1.97. The Labute approximate surface area is 98.1 Å². The Balaban J connectivity index is 3.19. The van der Waals surface area contributed by atoms with Gasteiger partial charge in [0.1, 0.15) is 5.75 Å². The summed E-state index contributed by atoms with van der Waals surface area (Å²) in [5, 5.41) is -0.235. The second-order valence-corrected chi connectivity index (χ2v) is 5.61. The highest BCUT2D eigenvalue weighted by atomic mass is 35.7. The molecule has 0 aliphatic carbocycles. The van der Waals surface area contributed by atoms with E-state index in [9.17, 15) is 21.6 Å². The first-order valence-corrected chi connectivity index (χ1v) is 6.28. The molecule has 0 bridgehead atoms. The zero-order valence-electron chi connectivity index (χ0n) is 7.25. The molecule has 0 radical (unpaired) electrons. The Morgan fingerprint density at radius 2 is 1.75 bits per heavy atom. The standard InChI is InChI=1S/C7H3Cl2F3O3S/c8-4-1-5(15-7(10,11)12)3-6(2-4)16(9,13)14/h1-3H. The molecule has 0 heterocycles. The molecule has 0 aromatic heterocycles. The van der Waals surface area contributed by atoms with Gasteiger partial charge < -0.3 is 4.74 Å². The Morgan fingerprint density at radius 3 is 2.19 bits per heavy atom. The Morgan fingerprint density at radius 1 is 1.19 bits per heavy atom. The van der Waals surface area contributed by atoms with Crippen molar-refractivity contribution >= 4 is 31.3 Å². The highest BCUT2D eigenvalue weighted by Gasteiger charge is 2.31. The van der Waals surface area contributed by atoms with Gasteiger partial charge in [0.05, 0.1) is 4.90 Å². The van der Waals surface area contributed by atoms with Crippen molar-refractivity contribution in [1.82, 2.24) is 0 Å². The molecule has 0 unspecified atom stereocenters. The van der Waals surface area contributed by atoms with Crippen LogP contribution in [0.5, 0.6) is 5.75 Å². The molecule has 0 atom stereocenters. The summed E-state index contributed by atoms with van der Waals surface area (Å²) in [4.78, 5) is -0.569. The minimum absolute atomic E-state index is 0.235. The smallest absolute Gasteiger partial charge is 0.406 e. The van der Waals surface area contributed by atoms with E-state index in [2.05, 4.69) is 4.74 Å². The van der Waals surface area contributed by atoms with Gasteiger partial charge in [0.15, 0.2) is 0 Å². The molecule has 9 heteroatoms. The molecule has 0 amide bonds. The van der Waals surface area contributed by atoms with Crippen molar-refractivity contribution in [1.29, 1.82) is 0 Å². The van der Waals surface area contributed by atoms with Gasteiger partial charge in [-0.05, 0) is 12.1 Å². The lowest BCUT2D eigenvalue weighted by Crippen LogP contribution is -2.17. The summed E-state index contributed by atoms with van der Waals surface area (Å²) < 4.78 is 60.8. The number of rotatable bonds is 2. The first kappa shape index (κ1) is 13.4. The molecule has 1 aromatic rings. The van der Waals surface area contributed by atoms with Gasteiger partial charge in [0.25, 0.3) is 9.05 Å². The van der Waals surface area contributed by atoms with Crippen molar-refractivity contribution in [2.75, 3.05) is 0 Å². The summed E-state index contributed by atoms with van der Waals surface area (Å²) in [5.41, 5.74) is 0. The fraction of sp³-hybridized carbons (Fsp3) is 0.143. The zero-order valence-corrected chi connectivity index (χ0v) is 9.58. The minimum atomic E-state index is -4.93. The molecule has 0 fully saturated rings. The topological polar surface area (TPSA) is 43.4 Å². The molecular formula is C7H3Cl2F3O3S. The van der Waals surface area contributed by atoms with Crippen LogP contribution in [-0.2, 0) is 9.05 Å². The van der Waals surface area contributed by atoms with Crippen molar-refractivity contribution in [3.63, 3.8) is 0 Å². The third kappa shape index (κ3) is 4.07. The van der Waals surface area contributed by atoms with E-state index in [0.717, 1.165) is 12.1 Å². The highest BCUT2D eigenvalue weighted by molar-refractivity contribution is 8.13. The van der Waals surface area contributed by atoms with Crippen LogP contribution in [0.1, 0.15) is 0 Å². The number of halogens is 5. The maximum absolute atomic E-state index is 11.9. The SMILES string of the molecule is O=S(=O)(Cl)c1cc(Cl)cc(OC(F)(F)F)c1. The molecule has 0 aliphatic heterocycles. The number of hydrogen-bond donors (Lipinski definition) is 0. The van der Waals surface area contributed by atoms with Crippen LogP contribution in [0.15, 0.2) is 23.1 Å². The lowest BCUT2D eigenvalue weighted by molar-refractivity contribution is -0.274. The summed E-state index contributed by atoms with van der Waals surface area (Å²) in [6.45, 7) is 0. The van der Waals surface area contributed by atoms with E-state index < -0.39 is 26.1 Å². The Kier molecular flexibility index (Phi) is 3.61. The van der Waals surface area contributed by atoms with Gasteiger partial charge in [-0.25, -0.2) is 8.42 Å². The van der Waals surface area contributed by atoms with Gasteiger partial charge in [-0.15, -0.1) is 13.2 Å². The molecule has 0 saturated carbocycles. The second kappa shape index (κ2) is 4.31. The normalized spacial score (nSPS) is 12.6. The minimum Gasteiger partial charge on any atom is -0.406 e. The summed E-state index contributed by atoms with van der Waals surface area (Å²) in [7, 11) is 0.788. The first-order chi connectivity index (χ1) is 7.08. The van der Waals surface area contributed by atoms with Gasteiger partial charge in [-0.2, -0.15) is 0 Å². The first-order valence-electron chi connectivity index (χ1n) is 3.59. The summed E-state index contributed by atoms with van der Waals surface area (Å²) in [6, 6.07) is 2.36. The van der Waals surface area contributed by atoms with Crippen LogP contribution in [0.3, 0.4) is 0 Å². The Bertz CT molecular complexity index is 498. The van der Waals surface area contributed by atoms with Gasteiger partial charge in [0.2, 0.25) is 0 Å². The second-order valence-electron chi connectivity index (χ2n) is 2.61. The largest absolute Gasteiger partial charge is 0.573 e. The van der Waals surface area contributed by atoms with Gasteiger partial charge >= 0.3 is 6.36 Å². The number of alkyl halides is 3. The third-order valence-electron chi connectivity index (χ3n) is 1.36.